The number of aliphatic carboxylic acids is 1. The highest BCUT2D eigenvalue weighted by Crippen LogP contribution is 2.28. The van der Waals surface area contributed by atoms with Gasteiger partial charge in [0, 0.05) is 17.2 Å². The Bertz CT molecular complexity index is 532. The number of benzene rings is 1. The molecule has 7 nitrogen and oxygen atoms in total. The molecule has 88 valence electrons. The maximum atomic E-state index is 10.7. The minimum absolute atomic E-state index is 0.0314. The molecule has 0 aliphatic carbocycles. The SMILES string of the molecule is Cc1c(C(O)C(=O)O)cc(C#N)cc1[N+](=O)[O-]. The molecule has 1 atom stereocenters. The van der Waals surface area contributed by atoms with Gasteiger partial charge in [-0.3, -0.25) is 10.1 Å². The number of nitriles is 1. The lowest BCUT2D eigenvalue weighted by Crippen LogP contribution is -2.13. The number of carboxylic acids is 1. The van der Waals surface area contributed by atoms with E-state index in [1.807, 2.05) is 0 Å². The first kappa shape index (κ1) is 12.6. The van der Waals surface area contributed by atoms with Crippen molar-refractivity contribution in [3.8, 4) is 6.07 Å². The molecule has 0 heterocycles. The van der Waals surface area contributed by atoms with Gasteiger partial charge in [-0.25, -0.2) is 4.79 Å². The van der Waals surface area contributed by atoms with Gasteiger partial charge >= 0.3 is 5.97 Å². The van der Waals surface area contributed by atoms with Crippen molar-refractivity contribution >= 4 is 11.7 Å². The molecule has 0 aliphatic heterocycles. The Labute approximate surface area is 95.7 Å². The van der Waals surface area contributed by atoms with Crippen molar-refractivity contribution < 1.29 is 19.9 Å². The van der Waals surface area contributed by atoms with Gasteiger partial charge in [-0.1, -0.05) is 0 Å². The summed E-state index contributed by atoms with van der Waals surface area (Å²) in [6.45, 7) is 1.32. The number of carbonyl (C=O) groups is 1. The fourth-order valence-electron chi connectivity index (χ4n) is 1.39. The van der Waals surface area contributed by atoms with Crippen molar-refractivity contribution in [1.29, 1.82) is 5.26 Å². The van der Waals surface area contributed by atoms with Gasteiger partial charge in [-0.05, 0) is 13.0 Å². The van der Waals surface area contributed by atoms with Crippen molar-refractivity contribution in [2.24, 2.45) is 0 Å². The van der Waals surface area contributed by atoms with Crippen molar-refractivity contribution in [2.75, 3.05) is 0 Å². The largest absolute Gasteiger partial charge is 0.479 e. The highest BCUT2D eigenvalue weighted by atomic mass is 16.6. The van der Waals surface area contributed by atoms with E-state index in [1.54, 1.807) is 6.07 Å². The van der Waals surface area contributed by atoms with Crippen LogP contribution in [0.25, 0.3) is 0 Å². The third kappa shape index (κ3) is 2.38. The molecule has 17 heavy (non-hydrogen) atoms. The Balaban J connectivity index is 3.50. The van der Waals surface area contributed by atoms with Crippen LogP contribution in [0.4, 0.5) is 5.69 Å². The molecule has 0 aliphatic rings. The molecule has 2 N–H and O–H groups in total. The standard InChI is InChI=1S/C10H8N2O5/c1-5-7(9(13)10(14)15)2-6(4-11)3-8(5)12(16)17/h2-3,9,13H,1H3,(H,14,15). The molecule has 0 bridgehead atoms. The Morgan fingerprint density at radius 3 is 2.59 bits per heavy atom. The molecule has 1 aromatic carbocycles. The minimum Gasteiger partial charge on any atom is -0.479 e. The van der Waals surface area contributed by atoms with E-state index < -0.39 is 17.0 Å². The van der Waals surface area contributed by atoms with Crippen LogP contribution in [0, 0.1) is 28.4 Å². The summed E-state index contributed by atoms with van der Waals surface area (Å²) >= 11 is 0. The fraction of sp³-hybridized carbons (Fsp3) is 0.200. The second-order valence-electron chi connectivity index (χ2n) is 3.32. The summed E-state index contributed by atoms with van der Waals surface area (Å²) in [5.41, 5.74) is -0.580. The van der Waals surface area contributed by atoms with Gasteiger partial charge in [0.2, 0.25) is 0 Å². The number of hydrogen-bond acceptors (Lipinski definition) is 5. The number of carboxylic acid groups (broad SMARTS) is 1. The monoisotopic (exact) mass is 236 g/mol. The van der Waals surface area contributed by atoms with Crippen LogP contribution in [-0.4, -0.2) is 21.1 Å². The van der Waals surface area contributed by atoms with Crippen molar-refractivity contribution in [3.63, 3.8) is 0 Å². The average molecular weight is 236 g/mol. The van der Waals surface area contributed by atoms with Crippen LogP contribution in [0.3, 0.4) is 0 Å². The molecular formula is C10H8N2O5. The first-order valence-corrected chi connectivity index (χ1v) is 4.48. The highest BCUT2D eigenvalue weighted by molar-refractivity contribution is 5.75. The first-order chi connectivity index (χ1) is 7.88. The smallest absolute Gasteiger partial charge is 0.337 e. The topological polar surface area (TPSA) is 124 Å². The van der Waals surface area contributed by atoms with Crippen LogP contribution in [0.5, 0.6) is 0 Å². The third-order valence-corrected chi connectivity index (χ3v) is 2.27. The molecule has 1 rings (SSSR count). The minimum atomic E-state index is -1.89. The van der Waals surface area contributed by atoms with Gasteiger partial charge < -0.3 is 10.2 Å². The van der Waals surface area contributed by atoms with E-state index in [1.165, 1.54) is 6.92 Å². The van der Waals surface area contributed by atoms with Gasteiger partial charge in [0.25, 0.3) is 5.69 Å². The lowest BCUT2D eigenvalue weighted by Gasteiger charge is -2.10. The zero-order valence-electron chi connectivity index (χ0n) is 8.75. The number of hydrogen-bond donors (Lipinski definition) is 2. The summed E-state index contributed by atoms with van der Waals surface area (Å²) in [5, 5.41) is 37.4. The van der Waals surface area contributed by atoms with Gasteiger partial charge in [0.1, 0.15) is 0 Å². The Kier molecular flexibility index (Phi) is 3.40. The number of rotatable bonds is 3. The lowest BCUT2D eigenvalue weighted by atomic mass is 9.99. The Morgan fingerprint density at radius 2 is 2.18 bits per heavy atom. The summed E-state index contributed by atoms with van der Waals surface area (Å²) in [5.74, 6) is -1.53. The van der Waals surface area contributed by atoms with Crippen molar-refractivity contribution in [3.05, 3.63) is 38.9 Å². The Morgan fingerprint density at radius 1 is 1.59 bits per heavy atom. The molecule has 0 saturated heterocycles. The quantitative estimate of drug-likeness (QED) is 0.593. The fourth-order valence-corrected chi connectivity index (χ4v) is 1.39. The average Bonchev–Trinajstić information content (AvgIpc) is 2.27. The highest BCUT2D eigenvalue weighted by Gasteiger charge is 2.24. The second kappa shape index (κ2) is 4.59. The normalized spacial score (nSPS) is 11.6. The maximum Gasteiger partial charge on any atom is 0.337 e. The van der Waals surface area contributed by atoms with E-state index in [0.717, 1.165) is 12.1 Å². The zero-order valence-corrected chi connectivity index (χ0v) is 8.75. The molecular weight excluding hydrogens is 228 g/mol. The van der Waals surface area contributed by atoms with Crippen LogP contribution in [0.15, 0.2) is 12.1 Å². The summed E-state index contributed by atoms with van der Waals surface area (Å²) in [7, 11) is 0. The van der Waals surface area contributed by atoms with E-state index >= 15 is 0 Å². The van der Waals surface area contributed by atoms with Crippen LogP contribution in [-0.2, 0) is 4.79 Å². The number of nitrogens with zero attached hydrogens (tertiary/aromatic N) is 2. The molecule has 0 saturated carbocycles. The van der Waals surface area contributed by atoms with E-state index in [0.29, 0.717) is 0 Å². The first-order valence-electron chi connectivity index (χ1n) is 4.48. The predicted octanol–water partition coefficient (Wildman–Crippen LogP) is 0.893. The van der Waals surface area contributed by atoms with Gasteiger partial charge in [-0.15, -0.1) is 0 Å². The van der Waals surface area contributed by atoms with Crippen molar-refractivity contribution in [2.45, 2.75) is 13.0 Å². The summed E-state index contributed by atoms with van der Waals surface area (Å²) in [4.78, 5) is 20.6. The Hall–Kier alpha value is -2.46. The molecule has 0 aromatic heterocycles. The van der Waals surface area contributed by atoms with Gasteiger partial charge in [0.05, 0.1) is 16.6 Å². The number of aliphatic hydroxyl groups is 1. The molecule has 0 amide bonds. The van der Waals surface area contributed by atoms with Crippen LogP contribution < -0.4 is 0 Å². The summed E-state index contributed by atoms with van der Waals surface area (Å²) in [6.07, 6.45) is -1.89. The number of nitro groups is 1. The molecule has 0 fully saturated rings. The van der Waals surface area contributed by atoms with Crippen LogP contribution >= 0.6 is 0 Å². The molecule has 1 aromatic rings. The van der Waals surface area contributed by atoms with E-state index in [4.69, 9.17) is 10.4 Å². The molecule has 0 spiro atoms. The summed E-state index contributed by atoms with van der Waals surface area (Å²) in [6, 6.07) is 3.84. The van der Waals surface area contributed by atoms with E-state index in [9.17, 15) is 20.0 Å². The lowest BCUT2D eigenvalue weighted by molar-refractivity contribution is -0.385. The maximum absolute atomic E-state index is 10.7. The van der Waals surface area contributed by atoms with Gasteiger partial charge in [0.15, 0.2) is 6.10 Å². The van der Waals surface area contributed by atoms with Gasteiger partial charge in [-0.2, -0.15) is 5.26 Å². The third-order valence-electron chi connectivity index (χ3n) is 2.27. The van der Waals surface area contributed by atoms with Crippen molar-refractivity contribution in [1.82, 2.24) is 0 Å². The number of aliphatic hydroxyl groups excluding tert-OH is 1. The zero-order chi connectivity index (χ0) is 13.2. The summed E-state index contributed by atoms with van der Waals surface area (Å²) < 4.78 is 0. The molecule has 0 radical (unpaired) electrons. The molecule has 7 heteroatoms. The predicted molar refractivity (Wildman–Crippen MR) is 55.1 cm³/mol. The van der Waals surface area contributed by atoms with E-state index in [2.05, 4.69) is 0 Å². The second-order valence-corrected chi connectivity index (χ2v) is 3.32. The number of nitro benzene ring substituents is 1. The van der Waals surface area contributed by atoms with E-state index in [-0.39, 0.29) is 22.4 Å². The van der Waals surface area contributed by atoms with Crippen LogP contribution in [0.2, 0.25) is 0 Å². The molecule has 1 unspecified atom stereocenters. The van der Waals surface area contributed by atoms with Crippen LogP contribution in [0.1, 0.15) is 22.8 Å².